The molecule has 0 aromatic carbocycles. The lowest BCUT2D eigenvalue weighted by Gasteiger charge is -2.13. The van der Waals surface area contributed by atoms with Crippen molar-refractivity contribution in [3.63, 3.8) is 0 Å². The van der Waals surface area contributed by atoms with Gasteiger partial charge in [-0.2, -0.15) is 0 Å². The number of nitrogens with two attached hydrogens (primary N) is 1. The zero-order valence-electron chi connectivity index (χ0n) is 5.64. The first-order chi connectivity index (χ1) is 3.56. The molecule has 0 heterocycles. The highest BCUT2D eigenvalue weighted by Gasteiger charge is 2.12. The van der Waals surface area contributed by atoms with E-state index in [0.717, 1.165) is 0 Å². The van der Waals surface area contributed by atoms with Crippen LogP contribution in [0.25, 0.3) is 0 Å². The fourth-order valence-electron chi connectivity index (χ4n) is 0.243. The Bertz CT molecular complexity index is 84.9. The molecule has 0 fully saturated rings. The van der Waals surface area contributed by atoms with Gasteiger partial charge in [0.2, 0.25) is 8.32 Å². The molecule has 0 aliphatic heterocycles. The molecule has 0 aliphatic carbocycles. The molecule has 0 bridgehead atoms. The summed E-state index contributed by atoms with van der Waals surface area (Å²) in [7, 11) is -1.34. The van der Waals surface area contributed by atoms with Gasteiger partial charge >= 0.3 is 0 Å². The van der Waals surface area contributed by atoms with E-state index in [-0.39, 0.29) is 0 Å². The monoisotopic (exact) mass is 131 g/mol. The Hall–Kier alpha value is -0.443. The van der Waals surface area contributed by atoms with E-state index in [9.17, 15) is 0 Å². The zero-order chi connectivity index (χ0) is 6.62. The summed E-state index contributed by atoms with van der Waals surface area (Å²) >= 11 is 0. The van der Waals surface area contributed by atoms with Gasteiger partial charge in [0.05, 0.1) is 6.26 Å². The third-order valence-corrected chi connectivity index (χ3v) is 1.34. The van der Waals surface area contributed by atoms with E-state index in [1.807, 2.05) is 0 Å². The molecule has 0 atom stereocenters. The smallest absolute Gasteiger partial charge is 0.241 e. The Balaban J connectivity index is 3.39. The van der Waals surface area contributed by atoms with Crippen LogP contribution in [0.2, 0.25) is 19.6 Å². The highest BCUT2D eigenvalue weighted by atomic mass is 28.4. The van der Waals surface area contributed by atoms with Crippen molar-refractivity contribution in [3.8, 4) is 0 Å². The predicted octanol–water partition coefficient (Wildman–Crippen LogP) is 1.27. The molecule has 2 N–H and O–H groups in total. The maximum Gasteiger partial charge on any atom is 0.241 e. The number of hydrogen-bond acceptors (Lipinski definition) is 2. The van der Waals surface area contributed by atoms with Crippen LogP contribution in [0.3, 0.4) is 0 Å². The quantitative estimate of drug-likeness (QED) is 0.452. The van der Waals surface area contributed by atoms with E-state index < -0.39 is 8.32 Å². The number of rotatable bonds is 2. The second-order valence-electron chi connectivity index (χ2n) is 2.56. The van der Waals surface area contributed by atoms with Crippen molar-refractivity contribution in [1.29, 1.82) is 0 Å². The molecule has 0 aromatic rings. The molecule has 3 heteroatoms. The molecule has 0 aliphatic rings. The van der Waals surface area contributed by atoms with Gasteiger partial charge < -0.3 is 10.2 Å². The van der Waals surface area contributed by atoms with Gasteiger partial charge in [-0.15, -0.1) is 0 Å². The predicted molar refractivity (Wildman–Crippen MR) is 37.8 cm³/mol. The maximum absolute atomic E-state index is 5.21. The first-order valence-electron chi connectivity index (χ1n) is 2.61. The van der Waals surface area contributed by atoms with Crippen LogP contribution >= 0.6 is 0 Å². The summed E-state index contributed by atoms with van der Waals surface area (Å²) in [5, 5.41) is 0. The first-order valence-corrected chi connectivity index (χ1v) is 6.01. The van der Waals surface area contributed by atoms with Crippen LogP contribution in [0.15, 0.2) is 12.5 Å². The summed E-state index contributed by atoms with van der Waals surface area (Å²) in [6.45, 7) is 6.31. The molecule has 0 radical (unpaired) electrons. The van der Waals surface area contributed by atoms with Crippen molar-refractivity contribution in [3.05, 3.63) is 12.5 Å². The summed E-state index contributed by atoms with van der Waals surface area (Å²) in [6, 6.07) is 0. The second-order valence-corrected chi connectivity index (χ2v) is 7.02. The molecular formula is C5H13NOSi. The average molecular weight is 131 g/mol. The highest BCUT2D eigenvalue weighted by molar-refractivity contribution is 6.69. The lowest BCUT2D eigenvalue weighted by Crippen LogP contribution is -2.22. The van der Waals surface area contributed by atoms with Crippen molar-refractivity contribution < 1.29 is 4.43 Å². The van der Waals surface area contributed by atoms with Crippen LogP contribution < -0.4 is 5.73 Å². The van der Waals surface area contributed by atoms with Crippen LogP contribution in [0.5, 0.6) is 0 Å². The van der Waals surface area contributed by atoms with Gasteiger partial charge in [0.15, 0.2) is 0 Å². The van der Waals surface area contributed by atoms with Crippen molar-refractivity contribution in [2.24, 2.45) is 5.73 Å². The average Bonchev–Trinajstić information content (AvgIpc) is 1.59. The van der Waals surface area contributed by atoms with E-state index in [1.165, 1.54) is 6.20 Å². The molecule has 0 saturated carbocycles. The molecule has 48 valence electrons. The maximum atomic E-state index is 5.21. The first kappa shape index (κ1) is 7.56. The van der Waals surface area contributed by atoms with Crippen LogP contribution in [0.1, 0.15) is 0 Å². The number of hydrogen-bond donors (Lipinski definition) is 1. The SMILES string of the molecule is C[Si](C)(C)O/C=C\N. The van der Waals surface area contributed by atoms with E-state index >= 15 is 0 Å². The van der Waals surface area contributed by atoms with Crippen LogP contribution in [0.4, 0.5) is 0 Å². The fraction of sp³-hybridized carbons (Fsp3) is 0.600. The van der Waals surface area contributed by atoms with Crippen LogP contribution in [-0.2, 0) is 4.43 Å². The topological polar surface area (TPSA) is 35.2 Å². The van der Waals surface area contributed by atoms with E-state index in [0.29, 0.717) is 0 Å². The summed E-state index contributed by atoms with van der Waals surface area (Å²) < 4.78 is 5.21. The van der Waals surface area contributed by atoms with Gasteiger partial charge in [0, 0.05) is 6.20 Å². The molecule has 0 unspecified atom stereocenters. The van der Waals surface area contributed by atoms with E-state index in [1.54, 1.807) is 6.26 Å². The lowest BCUT2D eigenvalue weighted by molar-refractivity contribution is 0.478. The molecule has 0 amide bonds. The van der Waals surface area contributed by atoms with Gasteiger partial charge in [-0.1, -0.05) is 0 Å². The fourth-order valence-corrected chi connectivity index (χ4v) is 0.730. The van der Waals surface area contributed by atoms with E-state index in [2.05, 4.69) is 19.6 Å². The Morgan fingerprint density at radius 3 is 2.00 bits per heavy atom. The summed E-state index contributed by atoms with van der Waals surface area (Å²) in [5.74, 6) is 0. The van der Waals surface area contributed by atoms with Gasteiger partial charge in [-0.3, -0.25) is 0 Å². The minimum Gasteiger partial charge on any atom is -0.548 e. The minimum absolute atomic E-state index is 1.34. The largest absolute Gasteiger partial charge is 0.548 e. The van der Waals surface area contributed by atoms with Gasteiger partial charge in [0.1, 0.15) is 0 Å². The zero-order valence-corrected chi connectivity index (χ0v) is 6.64. The van der Waals surface area contributed by atoms with Crippen molar-refractivity contribution in [1.82, 2.24) is 0 Å². The second kappa shape index (κ2) is 2.77. The standard InChI is InChI=1S/C5H13NOSi/c1-8(2,3)7-5-4-6/h4-5H,6H2,1-3H3/b5-4-. The third-order valence-electron chi connectivity index (χ3n) is 0.500. The third kappa shape index (κ3) is 5.56. The Morgan fingerprint density at radius 2 is 1.88 bits per heavy atom. The summed E-state index contributed by atoms with van der Waals surface area (Å²) in [6.07, 6.45) is 2.96. The molecule has 0 saturated heterocycles. The van der Waals surface area contributed by atoms with E-state index in [4.69, 9.17) is 10.2 Å². The van der Waals surface area contributed by atoms with Gasteiger partial charge in [-0.25, -0.2) is 0 Å². The Labute approximate surface area is 51.5 Å². The van der Waals surface area contributed by atoms with Gasteiger partial charge in [0.25, 0.3) is 0 Å². The lowest BCUT2D eigenvalue weighted by atomic mass is 11.0. The van der Waals surface area contributed by atoms with Crippen LogP contribution in [-0.4, -0.2) is 8.32 Å². The molecule has 8 heavy (non-hydrogen) atoms. The summed E-state index contributed by atoms with van der Waals surface area (Å²) in [4.78, 5) is 0. The Morgan fingerprint density at radius 1 is 1.38 bits per heavy atom. The molecule has 0 spiro atoms. The Kier molecular flexibility index (Phi) is 2.61. The van der Waals surface area contributed by atoms with Crippen molar-refractivity contribution in [2.75, 3.05) is 0 Å². The summed E-state index contributed by atoms with van der Waals surface area (Å²) in [5.41, 5.74) is 5.05. The molecule has 0 rings (SSSR count). The highest BCUT2D eigenvalue weighted by Crippen LogP contribution is 2.01. The normalized spacial score (nSPS) is 12.4. The molecule has 0 aromatic heterocycles. The molecular weight excluding hydrogens is 118 g/mol. The van der Waals surface area contributed by atoms with Crippen LogP contribution in [0, 0.1) is 0 Å². The molecule has 2 nitrogen and oxygen atoms in total. The minimum atomic E-state index is -1.34. The van der Waals surface area contributed by atoms with Crippen molar-refractivity contribution >= 4 is 8.32 Å². The van der Waals surface area contributed by atoms with Gasteiger partial charge in [-0.05, 0) is 19.6 Å². The van der Waals surface area contributed by atoms with Crippen molar-refractivity contribution in [2.45, 2.75) is 19.6 Å².